The van der Waals surface area contributed by atoms with Crippen molar-refractivity contribution < 1.29 is 4.79 Å². The molecule has 1 heterocycles. The first-order chi connectivity index (χ1) is 3.80. The Morgan fingerprint density at radius 3 is 3.12 bits per heavy atom. The molecule has 2 amide bonds. The number of hydrogen-bond donors (Lipinski definition) is 1. The van der Waals surface area contributed by atoms with Crippen LogP contribution in [-0.4, -0.2) is 30.8 Å². The van der Waals surface area contributed by atoms with Gasteiger partial charge < -0.3 is 5.32 Å². The van der Waals surface area contributed by atoms with Gasteiger partial charge in [0, 0.05) is 13.3 Å². The fourth-order valence-electron chi connectivity index (χ4n) is 0.463. The Labute approximate surface area is 47.2 Å². The maximum absolute atomic E-state index is 10.5. The van der Waals surface area contributed by atoms with E-state index in [1.165, 1.54) is 5.01 Å². The smallest absolute Gasteiger partial charge is 0.331 e. The third kappa shape index (κ3) is 0.776. The SMILES string of the molecule is CN1N=CCNC1=O. The molecule has 0 atom stereocenters. The minimum absolute atomic E-state index is 0.146. The quantitative estimate of drug-likeness (QED) is 0.457. The van der Waals surface area contributed by atoms with Gasteiger partial charge in [0.1, 0.15) is 0 Å². The largest absolute Gasteiger partial charge is 0.337 e. The molecule has 0 fully saturated rings. The van der Waals surface area contributed by atoms with Crippen molar-refractivity contribution in [2.75, 3.05) is 13.6 Å². The second kappa shape index (κ2) is 1.81. The zero-order valence-electron chi connectivity index (χ0n) is 4.59. The summed E-state index contributed by atoms with van der Waals surface area (Å²) in [5.41, 5.74) is 0. The molecule has 0 bridgehead atoms. The molecule has 0 saturated heterocycles. The van der Waals surface area contributed by atoms with Crippen LogP contribution >= 0.6 is 0 Å². The monoisotopic (exact) mass is 113 g/mol. The van der Waals surface area contributed by atoms with Crippen LogP contribution in [0.2, 0.25) is 0 Å². The molecule has 0 radical (unpaired) electrons. The van der Waals surface area contributed by atoms with Crippen molar-refractivity contribution in [2.45, 2.75) is 0 Å². The molecule has 4 nitrogen and oxygen atoms in total. The molecule has 0 aromatic heterocycles. The molecule has 0 saturated carbocycles. The number of rotatable bonds is 0. The van der Waals surface area contributed by atoms with Gasteiger partial charge in [0.25, 0.3) is 0 Å². The molecule has 0 aromatic rings. The number of urea groups is 1. The molecule has 0 aliphatic carbocycles. The summed E-state index contributed by atoms with van der Waals surface area (Å²) in [7, 11) is 1.60. The van der Waals surface area contributed by atoms with Gasteiger partial charge >= 0.3 is 6.03 Å². The highest BCUT2D eigenvalue weighted by Crippen LogP contribution is 1.86. The van der Waals surface area contributed by atoms with Crippen molar-refractivity contribution in [2.24, 2.45) is 5.10 Å². The third-order valence-corrected chi connectivity index (χ3v) is 0.893. The Morgan fingerprint density at radius 1 is 2.00 bits per heavy atom. The lowest BCUT2D eigenvalue weighted by atomic mass is 10.6. The Hall–Kier alpha value is -1.06. The van der Waals surface area contributed by atoms with Crippen LogP contribution in [0, 0.1) is 0 Å². The van der Waals surface area contributed by atoms with E-state index >= 15 is 0 Å². The van der Waals surface area contributed by atoms with Crippen LogP contribution in [0.15, 0.2) is 5.10 Å². The summed E-state index contributed by atoms with van der Waals surface area (Å²) >= 11 is 0. The molecule has 0 aromatic carbocycles. The van der Waals surface area contributed by atoms with Crippen molar-refractivity contribution >= 4 is 12.2 Å². The van der Waals surface area contributed by atoms with Crippen LogP contribution in [0.25, 0.3) is 0 Å². The first-order valence-electron chi connectivity index (χ1n) is 2.34. The maximum Gasteiger partial charge on any atom is 0.337 e. The van der Waals surface area contributed by atoms with Crippen LogP contribution in [0.5, 0.6) is 0 Å². The van der Waals surface area contributed by atoms with E-state index in [9.17, 15) is 4.79 Å². The minimum Gasteiger partial charge on any atom is -0.331 e. The third-order valence-electron chi connectivity index (χ3n) is 0.893. The molecule has 1 aliphatic heterocycles. The predicted molar refractivity (Wildman–Crippen MR) is 29.7 cm³/mol. The standard InChI is InChI=1S/C4H7N3O/c1-7-4(8)5-2-3-6-7/h3H,2H2,1H3,(H,5,8). The second-order valence-electron chi connectivity index (χ2n) is 1.51. The fourth-order valence-corrected chi connectivity index (χ4v) is 0.463. The normalized spacial score (nSPS) is 18.6. The summed E-state index contributed by atoms with van der Waals surface area (Å²) in [5, 5.41) is 7.53. The van der Waals surface area contributed by atoms with E-state index in [4.69, 9.17) is 0 Å². The van der Waals surface area contributed by atoms with Gasteiger partial charge in [-0.15, -0.1) is 0 Å². The summed E-state index contributed by atoms with van der Waals surface area (Å²) in [4.78, 5) is 10.5. The Balaban J connectivity index is 2.60. The van der Waals surface area contributed by atoms with E-state index in [1.807, 2.05) is 0 Å². The van der Waals surface area contributed by atoms with Gasteiger partial charge in [-0.2, -0.15) is 5.10 Å². The minimum atomic E-state index is -0.146. The van der Waals surface area contributed by atoms with Crippen molar-refractivity contribution in [3.8, 4) is 0 Å². The molecule has 8 heavy (non-hydrogen) atoms. The fraction of sp³-hybridized carbons (Fsp3) is 0.500. The van der Waals surface area contributed by atoms with Gasteiger partial charge in [-0.25, -0.2) is 9.80 Å². The van der Waals surface area contributed by atoms with E-state index in [-0.39, 0.29) is 6.03 Å². The summed E-state index contributed by atoms with van der Waals surface area (Å²) in [6.45, 7) is 0.545. The molecular weight excluding hydrogens is 106 g/mol. The van der Waals surface area contributed by atoms with Gasteiger partial charge in [-0.3, -0.25) is 0 Å². The number of carbonyl (C=O) groups is 1. The highest BCUT2D eigenvalue weighted by Gasteiger charge is 2.06. The lowest BCUT2D eigenvalue weighted by Gasteiger charge is -2.14. The molecule has 4 heteroatoms. The number of nitrogens with zero attached hydrogens (tertiary/aromatic N) is 2. The molecule has 0 spiro atoms. The maximum atomic E-state index is 10.5. The Kier molecular flexibility index (Phi) is 1.15. The van der Waals surface area contributed by atoms with Crippen LogP contribution in [0.1, 0.15) is 0 Å². The van der Waals surface area contributed by atoms with Gasteiger partial charge in [0.2, 0.25) is 0 Å². The highest BCUT2D eigenvalue weighted by atomic mass is 16.2. The van der Waals surface area contributed by atoms with E-state index < -0.39 is 0 Å². The van der Waals surface area contributed by atoms with Gasteiger partial charge in [-0.1, -0.05) is 0 Å². The zero-order valence-corrected chi connectivity index (χ0v) is 4.59. The molecule has 1 aliphatic rings. The Bertz CT molecular complexity index is 131. The van der Waals surface area contributed by atoms with Crippen LogP contribution in [0.3, 0.4) is 0 Å². The summed E-state index contributed by atoms with van der Waals surface area (Å²) in [5.74, 6) is 0. The molecule has 44 valence electrons. The first kappa shape index (κ1) is 5.08. The predicted octanol–water partition coefficient (Wildman–Crippen LogP) is -0.373. The van der Waals surface area contributed by atoms with Crippen LogP contribution in [0.4, 0.5) is 4.79 Å². The lowest BCUT2D eigenvalue weighted by molar-refractivity contribution is 0.210. The van der Waals surface area contributed by atoms with E-state index in [0.717, 1.165) is 0 Å². The number of nitrogens with one attached hydrogen (secondary N) is 1. The van der Waals surface area contributed by atoms with Crippen molar-refractivity contribution in [3.05, 3.63) is 0 Å². The number of carbonyl (C=O) groups excluding carboxylic acids is 1. The number of hydrazone groups is 1. The van der Waals surface area contributed by atoms with E-state index in [0.29, 0.717) is 6.54 Å². The van der Waals surface area contributed by atoms with Crippen LogP contribution < -0.4 is 5.32 Å². The molecule has 1 rings (SSSR count). The van der Waals surface area contributed by atoms with Gasteiger partial charge in [0.05, 0.1) is 6.54 Å². The van der Waals surface area contributed by atoms with Crippen molar-refractivity contribution in [1.29, 1.82) is 0 Å². The molecular formula is C4H7N3O. The Morgan fingerprint density at radius 2 is 2.75 bits per heavy atom. The molecule has 0 unspecified atom stereocenters. The summed E-state index contributed by atoms with van der Waals surface area (Å²) in [6, 6.07) is -0.146. The van der Waals surface area contributed by atoms with E-state index in [1.54, 1.807) is 13.3 Å². The van der Waals surface area contributed by atoms with E-state index in [2.05, 4.69) is 10.4 Å². The zero-order chi connectivity index (χ0) is 5.98. The lowest BCUT2D eigenvalue weighted by Crippen LogP contribution is -2.39. The molecule has 1 N–H and O–H groups in total. The summed E-state index contributed by atoms with van der Waals surface area (Å²) in [6.07, 6.45) is 1.64. The van der Waals surface area contributed by atoms with Crippen molar-refractivity contribution in [3.63, 3.8) is 0 Å². The highest BCUT2D eigenvalue weighted by molar-refractivity contribution is 5.80. The first-order valence-corrected chi connectivity index (χ1v) is 2.34. The number of hydrogen-bond acceptors (Lipinski definition) is 2. The average Bonchev–Trinajstić information content (AvgIpc) is 1.77. The van der Waals surface area contributed by atoms with Crippen molar-refractivity contribution in [1.82, 2.24) is 10.3 Å². The topological polar surface area (TPSA) is 44.7 Å². The average molecular weight is 113 g/mol. The van der Waals surface area contributed by atoms with Crippen LogP contribution in [-0.2, 0) is 0 Å². The number of amides is 2. The second-order valence-corrected chi connectivity index (χ2v) is 1.51. The van der Waals surface area contributed by atoms with Gasteiger partial charge in [-0.05, 0) is 0 Å². The van der Waals surface area contributed by atoms with Gasteiger partial charge in [0.15, 0.2) is 0 Å². The summed E-state index contributed by atoms with van der Waals surface area (Å²) < 4.78 is 0.